The monoisotopic (exact) mass is 223 g/mol. The van der Waals surface area contributed by atoms with Crippen LogP contribution in [-0.2, 0) is 11.8 Å². The molecule has 5 heteroatoms. The van der Waals surface area contributed by atoms with Gasteiger partial charge in [-0.15, -0.1) is 0 Å². The maximum atomic E-state index is 11.6. The van der Waals surface area contributed by atoms with Gasteiger partial charge in [0.2, 0.25) is 0 Å². The maximum absolute atomic E-state index is 11.6. The van der Waals surface area contributed by atoms with Crippen molar-refractivity contribution in [2.75, 3.05) is 19.8 Å². The number of amides is 1. The molecule has 0 spiro atoms. The van der Waals surface area contributed by atoms with Gasteiger partial charge in [0.05, 0.1) is 13.2 Å². The molecule has 0 aliphatic rings. The molecule has 0 saturated heterocycles. The van der Waals surface area contributed by atoms with E-state index in [1.807, 2.05) is 6.92 Å². The van der Waals surface area contributed by atoms with Gasteiger partial charge in [-0.05, 0) is 6.92 Å². The molecule has 5 nitrogen and oxygen atoms in total. The molecule has 1 N–H and O–H groups in total. The van der Waals surface area contributed by atoms with Crippen LogP contribution in [0.25, 0.3) is 0 Å². The second-order valence-corrected chi connectivity index (χ2v) is 3.63. The molecule has 16 heavy (non-hydrogen) atoms. The van der Waals surface area contributed by atoms with Crippen molar-refractivity contribution in [1.82, 2.24) is 14.9 Å². The van der Waals surface area contributed by atoms with Gasteiger partial charge in [0.1, 0.15) is 0 Å². The first-order valence-corrected chi connectivity index (χ1v) is 5.09. The van der Waals surface area contributed by atoms with Crippen molar-refractivity contribution >= 4 is 5.91 Å². The lowest BCUT2D eigenvalue weighted by molar-refractivity contribution is 0.0913. The summed E-state index contributed by atoms with van der Waals surface area (Å²) >= 11 is 0. The SMILES string of the molecule is C=C(C)COCCNC(=O)c1nccn1C. The largest absolute Gasteiger partial charge is 0.375 e. The van der Waals surface area contributed by atoms with E-state index in [4.69, 9.17) is 4.74 Å². The molecule has 1 heterocycles. The first kappa shape index (κ1) is 12.4. The lowest BCUT2D eigenvalue weighted by Crippen LogP contribution is -2.29. The second kappa shape index (κ2) is 6.07. The van der Waals surface area contributed by atoms with E-state index in [0.29, 0.717) is 25.6 Å². The van der Waals surface area contributed by atoms with Crippen molar-refractivity contribution in [2.24, 2.45) is 7.05 Å². The van der Waals surface area contributed by atoms with E-state index in [0.717, 1.165) is 5.57 Å². The van der Waals surface area contributed by atoms with Crippen LogP contribution in [0, 0.1) is 0 Å². The van der Waals surface area contributed by atoms with E-state index in [-0.39, 0.29) is 5.91 Å². The number of rotatable bonds is 6. The molecule has 1 aromatic rings. The second-order valence-electron chi connectivity index (χ2n) is 3.63. The van der Waals surface area contributed by atoms with Gasteiger partial charge in [0.25, 0.3) is 5.91 Å². The van der Waals surface area contributed by atoms with Crippen LogP contribution in [0.5, 0.6) is 0 Å². The topological polar surface area (TPSA) is 56.1 Å². The lowest BCUT2D eigenvalue weighted by atomic mass is 10.4. The first-order chi connectivity index (χ1) is 7.61. The Morgan fingerprint density at radius 1 is 1.69 bits per heavy atom. The number of hydrogen-bond donors (Lipinski definition) is 1. The zero-order valence-electron chi connectivity index (χ0n) is 9.69. The highest BCUT2D eigenvalue weighted by molar-refractivity contribution is 5.90. The molecule has 1 rings (SSSR count). The van der Waals surface area contributed by atoms with Crippen LogP contribution in [0.4, 0.5) is 0 Å². The van der Waals surface area contributed by atoms with Crippen LogP contribution in [0.15, 0.2) is 24.5 Å². The molecule has 88 valence electrons. The molecule has 0 aromatic carbocycles. The molecule has 1 aromatic heterocycles. The van der Waals surface area contributed by atoms with Crippen LogP contribution in [0.1, 0.15) is 17.5 Å². The summed E-state index contributed by atoms with van der Waals surface area (Å²) in [4.78, 5) is 15.5. The third kappa shape index (κ3) is 3.86. The Morgan fingerprint density at radius 3 is 3.00 bits per heavy atom. The standard InChI is InChI=1S/C11H17N3O2/c1-9(2)8-16-7-5-13-11(15)10-12-4-6-14(10)3/h4,6H,1,5,7-8H2,2-3H3,(H,13,15). The van der Waals surface area contributed by atoms with Crippen molar-refractivity contribution in [2.45, 2.75) is 6.92 Å². The zero-order valence-corrected chi connectivity index (χ0v) is 9.69. The van der Waals surface area contributed by atoms with Crippen LogP contribution in [-0.4, -0.2) is 35.2 Å². The molecule has 0 aliphatic heterocycles. The van der Waals surface area contributed by atoms with Crippen molar-refractivity contribution in [3.63, 3.8) is 0 Å². The van der Waals surface area contributed by atoms with E-state index in [1.165, 1.54) is 0 Å². The number of carbonyl (C=O) groups excluding carboxylic acids is 1. The molecule has 0 atom stereocenters. The number of aryl methyl sites for hydroxylation is 1. The van der Waals surface area contributed by atoms with Gasteiger partial charge in [-0.25, -0.2) is 4.98 Å². The molecule has 0 fully saturated rings. The fourth-order valence-corrected chi connectivity index (χ4v) is 1.15. The molecule has 0 unspecified atom stereocenters. The Balaban J connectivity index is 2.21. The predicted octanol–water partition coefficient (Wildman–Crippen LogP) is 0.743. The number of carbonyl (C=O) groups is 1. The third-order valence-electron chi connectivity index (χ3n) is 1.90. The number of hydrogen-bond acceptors (Lipinski definition) is 3. The van der Waals surface area contributed by atoms with Crippen LogP contribution >= 0.6 is 0 Å². The van der Waals surface area contributed by atoms with Crippen molar-refractivity contribution in [3.8, 4) is 0 Å². The summed E-state index contributed by atoms with van der Waals surface area (Å²) in [7, 11) is 1.78. The average Bonchev–Trinajstić information content (AvgIpc) is 2.63. The van der Waals surface area contributed by atoms with E-state index in [9.17, 15) is 4.79 Å². The van der Waals surface area contributed by atoms with Gasteiger partial charge < -0.3 is 14.6 Å². The Morgan fingerprint density at radius 2 is 2.44 bits per heavy atom. The van der Waals surface area contributed by atoms with Gasteiger partial charge in [0, 0.05) is 26.0 Å². The van der Waals surface area contributed by atoms with Gasteiger partial charge in [-0.2, -0.15) is 0 Å². The van der Waals surface area contributed by atoms with Crippen molar-refractivity contribution < 1.29 is 9.53 Å². The first-order valence-electron chi connectivity index (χ1n) is 5.09. The molecule has 0 saturated carbocycles. The molecular formula is C11H17N3O2. The minimum atomic E-state index is -0.188. The Labute approximate surface area is 95.1 Å². The van der Waals surface area contributed by atoms with Gasteiger partial charge in [-0.1, -0.05) is 12.2 Å². The number of imidazole rings is 1. The summed E-state index contributed by atoms with van der Waals surface area (Å²) in [6, 6.07) is 0. The fourth-order valence-electron chi connectivity index (χ4n) is 1.15. The molecule has 0 bridgehead atoms. The summed E-state index contributed by atoms with van der Waals surface area (Å²) in [5.74, 6) is 0.214. The Hall–Kier alpha value is -1.62. The number of aromatic nitrogens is 2. The average molecular weight is 223 g/mol. The maximum Gasteiger partial charge on any atom is 0.287 e. The molecule has 1 amide bonds. The third-order valence-corrected chi connectivity index (χ3v) is 1.90. The summed E-state index contributed by atoms with van der Waals surface area (Å²) in [5.41, 5.74) is 0.968. The van der Waals surface area contributed by atoms with Crippen molar-refractivity contribution in [3.05, 3.63) is 30.4 Å². The van der Waals surface area contributed by atoms with Crippen molar-refractivity contribution in [1.29, 1.82) is 0 Å². The summed E-state index contributed by atoms with van der Waals surface area (Å²) in [6.07, 6.45) is 3.32. The van der Waals surface area contributed by atoms with Gasteiger partial charge in [0.15, 0.2) is 5.82 Å². The quantitative estimate of drug-likeness (QED) is 0.571. The Kier molecular flexibility index (Phi) is 4.72. The predicted molar refractivity (Wildman–Crippen MR) is 61.2 cm³/mol. The summed E-state index contributed by atoms with van der Waals surface area (Å²) < 4.78 is 6.92. The molecule has 0 radical (unpaired) electrons. The highest BCUT2D eigenvalue weighted by Gasteiger charge is 2.08. The van der Waals surface area contributed by atoms with Crippen LogP contribution < -0.4 is 5.32 Å². The Bertz CT molecular complexity index is 371. The fraction of sp³-hybridized carbons (Fsp3) is 0.455. The van der Waals surface area contributed by atoms with E-state index < -0.39 is 0 Å². The molecule has 0 aliphatic carbocycles. The zero-order chi connectivity index (χ0) is 12.0. The minimum Gasteiger partial charge on any atom is -0.375 e. The highest BCUT2D eigenvalue weighted by Crippen LogP contribution is 1.93. The smallest absolute Gasteiger partial charge is 0.287 e. The number of ether oxygens (including phenoxy) is 1. The minimum absolute atomic E-state index is 0.188. The lowest BCUT2D eigenvalue weighted by Gasteiger charge is -2.06. The normalized spacial score (nSPS) is 10.1. The van der Waals surface area contributed by atoms with Crippen LogP contribution in [0.3, 0.4) is 0 Å². The van der Waals surface area contributed by atoms with E-state index in [2.05, 4.69) is 16.9 Å². The van der Waals surface area contributed by atoms with E-state index >= 15 is 0 Å². The van der Waals surface area contributed by atoms with E-state index in [1.54, 1.807) is 24.0 Å². The number of nitrogens with zero attached hydrogens (tertiary/aromatic N) is 2. The summed E-state index contributed by atoms with van der Waals surface area (Å²) in [6.45, 7) is 7.08. The van der Waals surface area contributed by atoms with Gasteiger partial charge in [-0.3, -0.25) is 4.79 Å². The van der Waals surface area contributed by atoms with Gasteiger partial charge >= 0.3 is 0 Å². The highest BCUT2D eigenvalue weighted by atomic mass is 16.5. The number of nitrogens with one attached hydrogen (secondary N) is 1. The molecular weight excluding hydrogens is 206 g/mol. The summed E-state index contributed by atoms with van der Waals surface area (Å²) in [5, 5.41) is 2.72. The van der Waals surface area contributed by atoms with Crippen LogP contribution in [0.2, 0.25) is 0 Å².